The maximum Gasteiger partial charge on any atom is 0.407 e. The lowest BCUT2D eigenvalue weighted by Gasteiger charge is -2.35. The molecule has 3 aromatic rings. The first-order valence-corrected chi connectivity index (χ1v) is 20.5. The third-order valence-electron chi connectivity index (χ3n) is 10.8. The van der Waals surface area contributed by atoms with Crippen LogP contribution in [0.1, 0.15) is 60.3 Å². The van der Waals surface area contributed by atoms with Gasteiger partial charge in [0.05, 0.1) is 23.9 Å². The average molecular weight is 788 g/mol. The van der Waals surface area contributed by atoms with E-state index in [1.165, 1.54) is 11.0 Å². The molecule has 2 aromatic carbocycles. The van der Waals surface area contributed by atoms with E-state index in [4.69, 9.17) is 19.2 Å². The SMILES string of the molecule is C=C[C@@H]1CC1(NC(=O)[C@@H]1CC2CN1C(=O)[C@H](C(C)(C)C)NC(=O)OCC(C)(C)COc1cccc(c1)-c1cc3ccccc3nc1O2)C(=O)NS(=O)(=O)C1CC1. The van der Waals surface area contributed by atoms with Gasteiger partial charge in [0.25, 0.3) is 5.91 Å². The van der Waals surface area contributed by atoms with Crippen molar-refractivity contribution in [3.05, 3.63) is 67.3 Å². The summed E-state index contributed by atoms with van der Waals surface area (Å²) in [5, 5.41) is 5.78. The van der Waals surface area contributed by atoms with Crippen LogP contribution in [0.25, 0.3) is 22.0 Å². The zero-order valence-electron chi connectivity index (χ0n) is 32.3. The summed E-state index contributed by atoms with van der Waals surface area (Å²) in [6.45, 7) is 13.1. The highest BCUT2D eigenvalue weighted by atomic mass is 32.2. The predicted octanol–water partition coefficient (Wildman–Crippen LogP) is 4.48. The average Bonchev–Trinajstić information content (AvgIpc) is 4.08. The number of fused-ring (bicyclic) bond motifs is 7. The van der Waals surface area contributed by atoms with Crippen molar-refractivity contribution in [3.63, 3.8) is 0 Å². The summed E-state index contributed by atoms with van der Waals surface area (Å²) in [5.74, 6) is -1.75. The van der Waals surface area contributed by atoms with Crippen LogP contribution in [0.3, 0.4) is 0 Å². The van der Waals surface area contributed by atoms with E-state index in [0.29, 0.717) is 29.7 Å². The molecule has 0 spiro atoms. The topological polar surface area (TPSA) is 182 Å². The number of aromatic nitrogens is 1. The van der Waals surface area contributed by atoms with E-state index in [9.17, 15) is 27.6 Å². The molecule has 3 fully saturated rings. The van der Waals surface area contributed by atoms with Crippen molar-refractivity contribution in [3.8, 4) is 22.8 Å². The van der Waals surface area contributed by atoms with E-state index >= 15 is 0 Å². The smallest absolute Gasteiger partial charge is 0.407 e. The van der Waals surface area contributed by atoms with Gasteiger partial charge < -0.3 is 29.7 Å². The summed E-state index contributed by atoms with van der Waals surface area (Å²) in [4.78, 5) is 62.3. The lowest BCUT2D eigenvalue weighted by atomic mass is 9.85. The lowest BCUT2D eigenvalue weighted by molar-refractivity contribution is -0.142. The molecule has 4 amide bonds. The number of sulfonamides is 1. The number of nitrogens with one attached hydrogen (secondary N) is 3. The van der Waals surface area contributed by atoms with E-state index in [-0.39, 0.29) is 38.5 Å². The maximum absolute atomic E-state index is 14.7. The number of hydrogen-bond acceptors (Lipinski definition) is 10. The first-order chi connectivity index (χ1) is 26.4. The van der Waals surface area contributed by atoms with Gasteiger partial charge in [0.2, 0.25) is 27.7 Å². The number of hydrogen-bond donors (Lipinski definition) is 3. The molecule has 7 rings (SSSR count). The minimum atomic E-state index is -3.91. The number of benzene rings is 2. The monoisotopic (exact) mass is 787 g/mol. The number of rotatable bonds is 6. The molecular weight excluding hydrogens is 739 g/mol. The molecule has 0 radical (unpaired) electrons. The van der Waals surface area contributed by atoms with Gasteiger partial charge in [0, 0.05) is 28.7 Å². The van der Waals surface area contributed by atoms with E-state index in [1.54, 1.807) is 20.8 Å². The van der Waals surface area contributed by atoms with E-state index in [1.807, 2.05) is 68.4 Å². The first-order valence-electron chi connectivity index (χ1n) is 18.9. The minimum Gasteiger partial charge on any atom is -0.493 e. The van der Waals surface area contributed by atoms with Crippen molar-refractivity contribution in [1.29, 1.82) is 0 Å². The molecule has 1 saturated heterocycles. The van der Waals surface area contributed by atoms with Gasteiger partial charge in [0.1, 0.15) is 36.1 Å². The predicted molar refractivity (Wildman–Crippen MR) is 208 cm³/mol. The highest BCUT2D eigenvalue weighted by Crippen LogP contribution is 2.46. The van der Waals surface area contributed by atoms with Crippen LogP contribution < -0.4 is 24.8 Å². The molecule has 2 aliphatic heterocycles. The molecule has 14 nitrogen and oxygen atoms in total. The second-order valence-electron chi connectivity index (χ2n) is 17.2. The summed E-state index contributed by atoms with van der Waals surface area (Å²) < 4.78 is 46.2. The molecule has 298 valence electrons. The van der Waals surface area contributed by atoms with Crippen molar-refractivity contribution >= 4 is 44.7 Å². The van der Waals surface area contributed by atoms with Crippen molar-refractivity contribution < 1.29 is 41.8 Å². The first kappa shape index (κ1) is 39.1. The fraction of sp³-hybridized carbons (Fsp3) is 0.488. The van der Waals surface area contributed by atoms with Crippen LogP contribution in [-0.2, 0) is 29.1 Å². The molecule has 4 bridgehead atoms. The van der Waals surface area contributed by atoms with Gasteiger partial charge in [-0.2, -0.15) is 0 Å². The Labute approximate surface area is 326 Å². The second-order valence-corrected chi connectivity index (χ2v) is 19.2. The van der Waals surface area contributed by atoms with Gasteiger partial charge in [-0.25, -0.2) is 18.2 Å². The largest absolute Gasteiger partial charge is 0.493 e. The fourth-order valence-corrected chi connectivity index (χ4v) is 8.62. The number of cyclic esters (lactones) is 1. The Hall–Kier alpha value is -5.18. The zero-order valence-corrected chi connectivity index (χ0v) is 33.1. The zero-order chi connectivity index (χ0) is 40.2. The Kier molecular flexibility index (Phi) is 10.0. The molecule has 56 heavy (non-hydrogen) atoms. The number of alkyl carbamates (subject to hydrolysis) is 1. The highest BCUT2D eigenvalue weighted by molar-refractivity contribution is 7.91. The molecule has 2 saturated carbocycles. The van der Waals surface area contributed by atoms with Gasteiger partial charge in [-0.3, -0.25) is 19.1 Å². The summed E-state index contributed by atoms with van der Waals surface area (Å²) in [6.07, 6.45) is 0.972. The third kappa shape index (κ3) is 8.04. The molecule has 2 unspecified atom stereocenters. The van der Waals surface area contributed by atoms with Gasteiger partial charge in [0.15, 0.2) is 0 Å². The van der Waals surface area contributed by atoms with E-state index in [0.717, 1.165) is 10.9 Å². The second kappa shape index (κ2) is 14.4. The fourth-order valence-electron chi connectivity index (χ4n) is 7.26. The number of para-hydroxylation sites is 1. The summed E-state index contributed by atoms with van der Waals surface area (Å²) >= 11 is 0. The van der Waals surface area contributed by atoms with Gasteiger partial charge in [-0.15, -0.1) is 6.58 Å². The normalized spacial score (nSPS) is 26.6. The van der Waals surface area contributed by atoms with Crippen LogP contribution >= 0.6 is 0 Å². The number of carbonyl (C=O) groups is 4. The van der Waals surface area contributed by atoms with Gasteiger partial charge in [-0.05, 0) is 54.5 Å². The quantitative estimate of drug-likeness (QED) is 0.302. The van der Waals surface area contributed by atoms with E-state index < -0.39 is 79.6 Å². The number of ether oxygens (including phenoxy) is 3. The van der Waals surface area contributed by atoms with Crippen LogP contribution in [0.15, 0.2) is 67.3 Å². The third-order valence-corrected chi connectivity index (χ3v) is 12.6. The molecule has 3 N–H and O–H groups in total. The summed E-state index contributed by atoms with van der Waals surface area (Å²) in [5.41, 5.74) is -0.917. The molecule has 1 aromatic heterocycles. The van der Waals surface area contributed by atoms with Gasteiger partial charge in [-0.1, -0.05) is 71.0 Å². The van der Waals surface area contributed by atoms with Crippen LogP contribution in [0.2, 0.25) is 0 Å². The molecule has 2 aliphatic carbocycles. The standard InChI is InChI=1S/C41H49N5O9S/c1-7-26-20-41(26,37(49)45-56(51,52)29-15-16-29)44-34(47)32-19-28-21-46(32)36(48)33(39(2,3)4)43-38(50)54-23-40(5,6)22-53-27-13-10-12-24(17-27)30-18-25-11-8-9-14-31(25)42-35(30)55-28/h7-14,17-18,26,28-29,32-33H,1,15-16,19-23H2,2-6H3,(H,43,50)(H,44,47)(H,45,49)/t26-,28?,32+,33-,41?/m1/s1. The Morgan fingerprint density at radius 2 is 1.77 bits per heavy atom. The minimum absolute atomic E-state index is 0.000989. The lowest BCUT2D eigenvalue weighted by Crippen LogP contribution is -2.60. The molecule has 15 heteroatoms. The molecule has 3 heterocycles. The van der Waals surface area contributed by atoms with Crippen molar-refractivity contribution in [1.82, 2.24) is 25.2 Å². The van der Waals surface area contributed by atoms with Crippen LogP contribution in [0.4, 0.5) is 4.79 Å². The van der Waals surface area contributed by atoms with Crippen molar-refractivity contribution in [2.75, 3.05) is 19.8 Å². The number of pyridine rings is 1. The summed E-state index contributed by atoms with van der Waals surface area (Å²) in [6, 6.07) is 14.7. The van der Waals surface area contributed by atoms with Crippen LogP contribution in [-0.4, -0.2) is 90.9 Å². The Morgan fingerprint density at radius 1 is 1.04 bits per heavy atom. The van der Waals surface area contributed by atoms with E-state index in [2.05, 4.69) is 21.9 Å². The molecule has 4 aliphatic rings. The number of carbonyl (C=O) groups excluding carboxylic acids is 4. The highest BCUT2D eigenvalue weighted by Gasteiger charge is 2.62. The Bertz CT molecular complexity index is 2200. The molecular formula is C41H49N5O9S. The Balaban J connectivity index is 1.27. The van der Waals surface area contributed by atoms with Crippen molar-refractivity contribution in [2.24, 2.45) is 16.7 Å². The maximum atomic E-state index is 14.7. The summed E-state index contributed by atoms with van der Waals surface area (Å²) in [7, 11) is -3.91. The molecule has 5 atom stereocenters. The van der Waals surface area contributed by atoms with Gasteiger partial charge >= 0.3 is 6.09 Å². The number of amides is 4. The van der Waals surface area contributed by atoms with Crippen molar-refractivity contribution in [2.45, 2.75) is 89.3 Å². The Morgan fingerprint density at radius 3 is 2.46 bits per heavy atom. The number of nitrogens with zero attached hydrogens (tertiary/aromatic N) is 2. The van der Waals surface area contributed by atoms with Crippen LogP contribution in [0.5, 0.6) is 11.6 Å². The van der Waals surface area contributed by atoms with Crippen LogP contribution in [0, 0.1) is 16.7 Å².